The highest BCUT2D eigenvalue weighted by atomic mass is 32.2. The molecule has 0 amide bonds. The van der Waals surface area contributed by atoms with Crippen LogP contribution >= 0.6 is 0 Å². The third-order valence-electron chi connectivity index (χ3n) is 3.91. The first-order valence-corrected chi connectivity index (χ1v) is 9.66. The van der Waals surface area contributed by atoms with Crippen LogP contribution in [0.4, 0.5) is 0 Å². The van der Waals surface area contributed by atoms with E-state index in [1.54, 1.807) is 19.2 Å². The van der Waals surface area contributed by atoms with Crippen molar-refractivity contribution in [1.82, 2.24) is 4.72 Å². The van der Waals surface area contributed by atoms with Crippen molar-refractivity contribution in [3.05, 3.63) is 58.7 Å². The molecule has 0 heterocycles. The maximum atomic E-state index is 12.5. The van der Waals surface area contributed by atoms with E-state index in [1.165, 1.54) is 0 Å². The van der Waals surface area contributed by atoms with Gasteiger partial charge in [0.05, 0.1) is 18.6 Å². The van der Waals surface area contributed by atoms with E-state index in [1.807, 2.05) is 45.0 Å². The van der Waals surface area contributed by atoms with Crippen LogP contribution in [0, 0.1) is 13.8 Å². The predicted molar refractivity (Wildman–Crippen MR) is 98.3 cm³/mol. The summed E-state index contributed by atoms with van der Waals surface area (Å²) in [6, 6.07) is 10.9. The van der Waals surface area contributed by atoms with Crippen molar-refractivity contribution in [2.24, 2.45) is 0 Å². The Labute approximate surface area is 150 Å². The lowest BCUT2D eigenvalue weighted by atomic mass is 10.1. The van der Waals surface area contributed by atoms with Crippen molar-refractivity contribution in [3.8, 4) is 5.75 Å². The van der Waals surface area contributed by atoms with Crippen LogP contribution in [0.25, 0.3) is 0 Å². The van der Waals surface area contributed by atoms with Crippen LogP contribution in [-0.2, 0) is 27.9 Å². The van der Waals surface area contributed by atoms with Crippen molar-refractivity contribution >= 4 is 10.0 Å². The Balaban J connectivity index is 2.09. The summed E-state index contributed by atoms with van der Waals surface area (Å²) in [4.78, 5) is 0.247. The number of sulfonamides is 1. The van der Waals surface area contributed by atoms with E-state index in [0.717, 1.165) is 22.3 Å². The molecule has 0 fully saturated rings. The Morgan fingerprint density at radius 1 is 1.00 bits per heavy atom. The molecule has 25 heavy (non-hydrogen) atoms. The van der Waals surface area contributed by atoms with Gasteiger partial charge in [-0.05, 0) is 55.2 Å². The number of ether oxygens (including phenoxy) is 2. The number of methoxy groups -OCH3 is 1. The van der Waals surface area contributed by atoms with Crippen LogP contribution in [-0.4, -0.2) is 22.1 Å². The Kier molecular flexibility index (Phi) is 6.58. The van der Waals surface area contributed by atoms with E-state index in [-0.39, 0.29) is 11.4 Å². The van der Waals surface area contributed by atoms with Gasteiger partial charge in [0.15, 0.2) is 0 Å². The molecule has 136 valence electrons. The number of rotatable bonds is 8. The van der Waals surface area contributed by atoms with E-state index in [0.29, 0.717) is 19.0 Å². The van der Waals surface area contributed by atoms with E-state index in [9.17, 15) is 8.42 Å². The molecule has 0 aliphatic rings. The molecular weight excluding hydrogens is 338 g/mol. The normalized spacial score (nSPS) is 11.5. The summed E-state index contributed by atoms with van der Waals surface area (Å²) < 4.78 is 38.4. The molecule has 0 saturated carbocycles. The summed E-state index contributed by atoms with van der Waals surface area (Å²) >= 11 is 0. The predicted octanol–water partition coefficient (Wildman–Crippen LogP) is 3.33. The molecule has 0 bridgehead atoms. The molecule has 0 aliphatic carbocycles. The molecule has 2 rings (SSSR count). The molecular formula is C19H25NO4S. The van der Waals surface area contributed by atoms with Gasteiger partial charge in [0.2, 0.25) is 10.0 Å². The molecule has 6 heteroatoms. The summed E-state index contributed by atoms with van der Waals surface area (Å²) in [6.07, 6.45) is 0. The molecule has 0 radical (unpaired) electrons. The number of nitrogens with one attached hydrogen (secondary N) is 1. The molecule has 2 aromatic carbocycles. The molecule has 0 aromatic heterocycles. The van der Waals surface area contributed by atoms with Crippen molar-refractivity contribution in [2.45, 2.75) is 38.8 Å². The van der Waals surface area contributed by atoms with Gasteiger partial charge in [-0.2, -0.15) is 0 Å². The maximum absolute atomic E-state index is 12.5. The lowest BCUT2D eigenvalue weighted by molar-refractivity contribution is 0.134. The molecule has 0 unspecified atom stereocenters. The Hall–Kier alpha value is -1.89. The second-order valence-corrected chi connectivity index (χ2v) is 7.64. The number of hydrogen-bond acceptors (Lipinski definition) is 4. The fourth-order valence-electron chi connectivity index (χ4n) is 2.62. The van der Waals surface area contributed by atoms with Crippen LogP contribution < -0.4 is 9.46 Å². The van der Waals surface area contributed by atoms with Gasteiger partial charge in [0, 0.05) is 13.2 Å². The van der Waals surface area contributed by atoms with Crippen LogP contribution in [0.5, 0.6) is 5.75 Å². The minimum Gasteiger partial charge on any atom is -0.496 e. The first-order chi connectivity index (χ1) is 11.9. The largest absolute Gasteiger partial charge is 0.496 e. The Morgan fingerprint density at radius 3 is 2.08 bits per heavy atom. The van der Waals surface area contributed by atoms with Crippen molar-refractivity contribution < 1.29 is 17.9 Å². The molecule has 2 aromatic rings. The summed E-state index contributed by atoms with van der Waals surface area (Å²) in [5.74, 6) is 0.712. The van der Waals surface area contributed by atoms with E-state index >= 15 is 0 Å². The van der Waals surface area contributed by atoms with Gasteiger partial charge in [-0.1, -0.05) is 24.3 Å². The average Bonchev–Trinajstić information content (AvgIpc) is 2.59. The fraction of sp³-hybridized carbons (Fsp3) is 0.368. The van der Waals surface area contributed by atoms with Gasteiger partial charge in [-0.3, -0.25) is 0 Å². The van der Waals surface area contributed by atoms with E-state index in [2.05, 4.69) is 4.72 Å². The summed E-state index contributed by atoms with van der Waals surface area (Å²) in [6.45, 7) is 7.09. The second-order valence-electron chi connectivity index (χ2n) is 5.87. The SMILES string of the molecule is CCOCc1ccc(CNS(=O)(=O)c2cc(C)c(OC)c(C)c2)cc1. The third kappa shape index (κ3) is 5.04. The lowest BCUT2D eigenvalue weighted by Gasteiger charge is -2.12. The van der Waals surface area contributed by atoms with Gasteiger partial charge >= 0.3 is 0 Å². The molecule has 5 nitrogen and oxygen atoms in total. The van der Waals surface area contributed by atoms with Gasteiger partial charge in [-0.25, -0.2) is 13.1 Å². The highest BCUT2D eigenvalue weighted by molar-refractivity contribution is 7.89. The summed E-state index contributed by atoms with van der Waals surface area (Å²) in [5.41, 5.74) is 3.55. The van der Waals surface area contributed by atoms with Crippen LogP contribution in [0.3, 0.4) is 0 Å². The van der Waals surface area contributed by atoms with Gasteiger partial charge in [0.25, 0.3) is 0 Å². The number of benzene rings is 2. The topological polar surface area (TPSA) is 64.6 Å². The first-order valence-electron chi connectivity index (χ1n) is 8.18. The Morgan fingerprint density at radius 2 is 1.56 bits per heavy atom. The molecule has 0 spiro atoms. The van der Waals surface area contributed by atoms with Crippen LogP contribution in [0.2, 0.25) is 0 Å². The molecule has 0 atom stereocenters. The molecule has 0 aliphatic heterocycles. The van der Waals surface area contributed by atoms with Gasteiger partial charge < -0.3 is 9.47 Å². The second kappa shape index (κ2) is 8.47. The highest BCUT2D eigenvalue weighted by Crippen LogP contribution is 2.26. The van der Waals surface area contributed by atoms with E-state index < -0.39 is 10.0 Å². The zero-order chi connectivity index (χ0) is 18.4. The standard InChI is InChI=1S/C19H25NO4S/c1-5-24-13-17-8-6-16(7-9-17)12-20-25(21,22)18-10-14(2)19(23-4)15(3)11-18/h6-11,20H,5,12-13H2,1-4H3. The minimum atomic E-state index is -3.58. The average molecular weight is 363 g/mol. The molecule has 1 N–H and O–H groups in total. The highest BCUT2D eigenvalue weighted by Gasteiger charge is 2.17. The maximum Gasteiger partial charge on any atom is 0.240 e. The zero-order valence-corrected chi connectivity index (χ0v) is 15.9. The van der Waals surface area contributed by atoms with Gasteiger partial charge in [0.1, 0.15) is 5.75 Å². The smallest absolute Gasteiger partial charge is 0.240 e. The summed E-state index contributed by atoms with van der Waals surface area (Å²) in [5, 5.41) is 0. The van der Waals surface area contributed by atoms with Crippen molar-refractivity contribution in [3.63, 3.8) is 0 Å². The summed E-state index contributed by atoms with van der Waals surface area (Å²) in [7, 11) is -2.00. The van der Waals surface area contributed by atoms with Crippen LogP contribution in [0.15, 0.2) is 41.3 Å². The van der Waals surface area contributed by atoms with Crippen LogP contribution in [0.1, 0.15) is 29.2 Å². The fourth-order valence-corrected chi connectivity index (χ4v) is 3.81. The zero-order valence-electron chi connectivity index (χ0n) is 15.1. The minimum absolute atomic E-state index is 0.237. The third-order valence-corrected chi connectivity index (χ3v) is 5.29. The van der Waals surface area contributed by atoms with E-state index in [4.69, 9.17) is 9.47 Å². The Bertz CT molecular complexity index is 791. The van der Waals surface area contributed by atoms with Crippen molar-refractivity contribution in [2.75, 3.05) is 13.7 Å². The van der Waals surface area contributed by atoms with Gasteiger partial charge in [-0.15, -0.1) is 0 Å². The monoisotopic (exact) mass is 363 g/mol. The number of hydrogen-bond donors (Lipinski definition) is 1. The lowest BCUT2D eigenvalue weighted by Crippen LogP contribution is -2.23. The van der Waals surface area contributed by atoms with Crippen molar-refractivity contribution in [1.29, 1.82) is 0 Å². The molecule has 0 saturated heterocycles. The first kappa shape index (κ1) is 19.4. The quantitative estimate of drug-likeness (QED) is 0.781. The number of aryl methyl sites for hydroxylation is 2.